The predicted molar refractivity (Wildman–Crippen MR) is 120 cm³/mol. The van der Waals surface area contributed by atoms with Gasteiger partial charge in [0.25, 0.3) is 8.32 Å². The maximum absolute atomic E-state index is 10.1. The molecule has 2 nitrogen and oxygen atoms in total. The third kappa shape index (κ3) is 4.40. The first-order valence-corrected chi connectivity index (χ1v) is 11.5. The van der Waals surface area contributed by atoms with Gasteiger partial charge >= 0.3 is 0 Å². The number of terminal acetylenes is 2. The number of rotatable bonds is 8. The molecule has 0 amide bonds. The molecule has 0 fully saturated rings. The van der Waals surface area contributed by atoms with Crippen LogP contribution < -0.4 is 10.4 Å². The third-order valence-electron chi connectivity index (χ3n) is 5.30. The summed E-state index contributed by atoms with van der Waals surface area (Å²) in [4.78, 5) is 0. The Morgan fingerprint density at radius 1 is 0.857 bits per heavy atom. The van der Waals surface area contributed by atoms with E-state index in [1.807, 2.05) is 12.1 Å². The summed E-state index contributed by atoms with van der Waals surface area (Å²) in [5.41, 5.74) is -0.628. The Bertz CT molecular complexity index is 767. The molecule has 0 bridgehead atoms. The fourth-order valence-corrected chi connectivity index (χ4v) is 8.46. The van der Waals surface area contributed by atoms with Crippen LogP contribution >= 0.6 is 0 Å². The highest BCUT2D eigenvalue weighted by Gasteiger charge is 2.51. The van der Waals surface area contributed by atoms with Crippen LogP contribution in [-0.2, 0) is 4.43 Å². The van der Waals surface area contributed by atoms with Gasteiger partial charge in [0.05, 0.1) is 6.61 Å². The quantitative estimate of drug-likeness (QED) is 0.551. The van der Waals surface area contributed by atoms with Crippen LogP contribution in [0.3, 0.4) is 0 Å². The molecule has 0 aliphatic heterocycles. The summed E-state index contributed by atoms with van der Waals surface area (Å²) in [7, 11) is -2.68. The molecule has 28 heavy (non-hydrogen) atoms. The topological polar surface area (TPSA) is 29.5 Å². The van der Waals surface area contributed by atoms with Crippen molar-refractivity contribution in [2.24, 2.45) is 5.41 Å². The van der Waals surface area contributed by atoms with Crippen LogP contribution in [-0.4, -0.2) is 26.6 Å². The van der Waals surface area contributed by atoms with E-state index in [-0.39, 0.29) is 11.6 Å². The zero-order valence-electron chi connectivity index (χ0n) is 17.1. The Kier molecular flexibility index (Phi) is 7.27. The van der Waals surface area contributed by atoms with Crippen molar-refractivity contribution in [3.05, 3.63) is 60.7 Å². The Balaban J connectivity index is 2.62. The van der Waals surface area contributed by atoms with E-state index in [9.17, 15) is 5.11 Å². The lowest BCUT2D eigenvalue weighted by Gasteiger charge is -2.45. The lowest BCUT2D eigenvalue weighted by Crippen LogP contribution is -2.67. The molecule has 0 aliphatic carbocycles. The monoisotopic (exact) mass is 390 g/mol. The Morgan fingerprint density at radius 3 is 1.61 bits per heavy atom. The van der Waals surface area contributed by atoms with Crippen LogP contribution in [0.2, 0.25) is 5.04 Å². The number of aliphatic hydroxyl groups is 1. The standard InChI is InChI=1S/C25H30O2Si/c1-6-18-25(20-26,19-7-2)21-27-28(24(3,4)5,22-14-10-8-11-15-22)23-16-12-9-13-17-23/h1-2,8-17,26H,18-21H2,3-5H3. The van der Waals surface area contributed by atoms with Crippen molar-refractivity contribution in [2.75, 3.05) is 13.2 Å². The average molecular weight is 391 g/mol. The first-order valence-electron chi connectivity index (χ1n) is 9.58. The summed E-state index contributed by atoms with van der Waals surface area (Å²) in [6.07, 6.45) is 11.9. The third-order valence-corrected chi connectivity index (χ3v) is 10.3. The van der Waals surface area contributed by atoms with Gasteiger partial charge in [0.1, 0.15) is 0 Å². The van der Waals surface area contributed by atoms with E-state index >= 15 is 0 Å². The van der Waals surface area contributed by atoms with Crippen molar-refractivity contribution >= 4 is 18.7 Å². The molecule has 1 N–H and O–H groups in total. The van der Waals surface area contributed by atoms with Crippen molar-refractivity contribution in [1.29, 1.82) is 0 Å². The Hall–Kier alpha value is -2.30. The first-order chi connectivity index (χ1) is 13.3. The van der Waals surface area contributed by atoms with E-state index in [2.05, 4.69) is 81.1 Å². The minimum atomic E-state index is -2.68. The van der Waals surface area contributed by atoms with Gasteiger partial charge in [-0.15, -0.1) is 24.7 Å². The number of benzene rings is 2. The minimum Gasteiger partial charge on any atom is -0.407 e. The second kappa shape index (κ2) is 9.26. The molecular formula is C25H30O2Si. The molecule has 0 radical (unpaired) electrons. The number of hydrogen-bond acceptors (Lipinski definition) is 2. The minimum absolute atomic E-state index is 0.0976. The van der Waals surface area contributed by atoms with E-state index < -0.39 is 13.7 Å². The highest BCUT2D eigenvalue weighted by molar-refractivity contribution is 6.99. The summed E-state index contributed by atoms with van der Waals surface area (Å²) < 4.78 is 6.92. The molecule has 2 aromatic carbocycles. The SMILES string of the molecule is C#CCC(CO)(CC#C)CO[Si](c1ccccc1)(c1ccccc1)C(C)(C)C. The van der Waals surface area contributed by atoms with Gasteiger partial charge in [-0.25, -0.2) is 0 Å². The molecular weight excluding hydrogens is 360 g/mol. The van der Waals surface area contributed by atoms with Gasteiger partial charge in [-0.05, 0) is 15.4 Å². The maximum atomic E-state index is 10.1. The van der Waals surface area contributed by atoms with Crippen LogP contribution in [0.5, 0.6) is 0 Å². The van der Waals surface area contributed by atoms with Gasteiger partial charge in [-0.3, -0.25) is 0 Å². The van der Waals surface area contributed by atoms with E-state index in [1.54, 1.807) is 0 Å². The molecule has 0 saturated heterocycles. The number of hydrogen-bond donors (Lipinski definition) is 1. The fraction of sp³-hybridized carbons (Fsp3) is 0.360. The summed E-state index contributed by atoms with van der Waals surface area (Å²) in [6.45, 7) is 6.90. The molecule has 2 rings (SSSR count). The van der Waals surface area contributed by atoms with Gasteiger partial charge in [0.2, 0.25) is 0 Å². The van der Waals surface area contributed by atoms with Gasteiger partial charge in [0.15, 0.2) is 0 Å². The summed E-state index contributed by atoms with van der Waals surface area (Å²) in [6, 6.07) is 20.8. The van der Waals surface area contributed by atoms with Crippen LogP contribution in [0.15, 0.2) is 60.7 Å². The molecule has 0 heterocycles. The molecule has 2 aromatic rings. The van der Waals surface area contributed by atoms with Crippen LogP contribution in [0.4, 0.5) is 0 Å². The van der Waals surface area contributed by atoms with Crippen molar-refractivity contribution in [1.82, 2.24) is 0 Å². The second-order valence-corrected chi connectivity index (χ2v) is 12.7. The largest absolute Gasteiger partial charge is 0.407 e. The van der Waals surface area contributed by atoms with Crippen LogP contribution in [0.25, 0.3) is 0 Å². The summed E-state index contributed by atoms with van der Waals surface area (Å²) in [5.74, 6) is 5.36. The first kappa shape index (κ1) is 22.0. The highest BCUT2D eigenvalue weighted by atomic mass is 28.4. The van der Waals surface area contributed by atoms with E-state index in [4.69, 9.17) is 17.3 Å². The predicted octanol–water partition coefficient (Wildman–Crippen LogP) is 3.59. The van der Waals surface area contributed by atoms with Gasteiger partial charge < -0.3 is 9.53 Å². The maximum Gasteiger partial charge on any atom is 0.261 e. The Labute approximate surface area is 171 Å². The molecule has 0 aromatic heterocycles. The summed E-state index contributed by atoms with van der Waals surface area (Å²) >= 11 is 0. The van der Waals surface area contributed by atoms with Crippen molar-refractivity contribution < 1.29 is 9.53 Å². The second-order valence-electron chi connectivity index (χ2n) is 8.37. The average Bonchev–Trinajstić information content (AvgIpc) is 2.69. The fourth-order valence-electron chi connectivity index (χ4n) is 3.78. The normalized spacial score (nSPS) is 12.2. The smallest absolute Gasteiger partial charge is 0.261 e. The molecule has 0 atom stereocenters. The van der Waals surface area contributed by atoms with E-state index in [0.29, 0.717) is 19.4 Å². The molecule has 0 spiro atoms. The molecule has 146 valence electrons. The molecule has 0 aliphatic rings. The lowest BCUT2D eigenvalue weighted by molar-refractivity contribution is 0.0697. The zero-order chi connectivity index (χ0) is 20.7. The molecule has 0 saturated carbocycles. The number of aliphatic hydroxyl groups excluding tert-OH is 1. The van der Waals surface area contributed by atoms with Crippen molar-refractivity contribution in [2.45, 2.75) is 38.7 Å². The zero-order valence-corrected chi connectivity index (χ0v) is 18.1. The summed E-state index contributed by atoms with van der Waals surface area (Å²) in [5, 5.41) is 12.4. The molecule has 0 unspecified atom stereocenters. The van der Waals surface area contributed by atoms with Gasteiger partial charge in [0, 0.05) is 24.9 Å². The lowest BCUT2D eigenvalue weighted by atomic mass is 9.83. The van der Waals surface area contributed by atoms with Gasteiger partial charge in [-0.2, -0.15) is 0 Å². The molecule has 3 heteroatoms. The van der Waals surface area contributed by atoms with Crippen LogP contribution in [0, 0.1) is 30.1 Å². The Morgan fingerprint density at radius 2 is 1.29 bits per heavy atom. The van der Waals surface area contributed by atoms with E-state index in [1.165, 1.54) is 10.4 Å². The van der Waals surface area contributed by atoms with Gasteiger partial charge in [-0.1, -0.05) is 81.4 Å². The van der Waals surface area contributed by atoms with Crippen LogP contribution in [0.1, 0.15) is 33.6 Å². The highest BCUT2D eigenvalue weighted by Crippen LogP contribution is 2.38. The van der Waals surface area contributed by atoms with Crippen molar-refractivity contribution in [3.63, 3.8) is 0 Å². The van der Waals surface area contributed by atoms with E-state index in [0.717, 1.165) is 0 Å². The van der Waals surface area contributed by atoms with Crippen molar-refractivity contribution in [3.8, 4) is 24.7 Å².